The number of para-hydroxylation sites is 2. The van der Waals surface area contributed by atoms with Crippen LogP contribution < -0.4 is 14.4 Å². The van der Waals surface area contributed by atoms with E-state index in [-0.39, 0.29) is 24.3 Å². The lowest BCUT2D eigenvalue weighted by molar-refractivity contribution is -0.274. The smallest absolute Gasteiger partial charge is 0.487 e. The third-order valence-electron chi connectivity index (χ3n) is 5.95. The Morgan fingerprint density at radius 2 is 1.76 bits per heavy atom. The van der Waals surface area contributed by atoms with Gasteiger partial charge in [0.05, 0.1) is 24.0 Å². The highest BCUT2D eigenvalue weighted by atomic mass is 19.4. The minimum Gasteiger partial charge on any atom is -0.487 e. The number of ether oxygens (including phenoxy) is 2. The summed E-state index contributed by atoms with van der Waals surface area (Å²) in [6.45, 7) is 1.30. The minimum atomic E-state index is -4.76. The van der Waals surface area contributed by atoms with Crippen molar-refractivity contribution in [2.24, 2.45) is 0 Å². The van der Waals surface area contributed by atoms with E-state index in [1.165, 1.54) is 24.3 Å². The Balaban J connectivity index is 1.43. The first-order chi connectivity index (χ1) is 16.4. The Morgan fingerprint density at radius 1 is 1.00 bits per heavy atom. The molecule has 0 N–H and O–H groups in total. The molecule has 1 fully saturated rings. The molecule has 1 saturated heterocycles. The van der Waals surface area contributed by atoms with Crippen LogP contribution in [0.15, 0.2) is 72.9 Å². The molecule has 5 rings (SSSR count). The number of carbonyl (C=O) groups is 1. The Morgan fingerprint density at radius 3 is 2.50 bits per heavy atom. The van der Waals surface area contributed by atoms with Crippen LogP contribution >= 0.6 is 0 Å². The molecule has 34 heavy (non-hydrogen) atoms. The number of rotatable bonds is 5. The Kier molecular flexibility index (Phi) is 5.87. The van der Waals surface area contributed by atoms with Gasteiger partial charge in [-0.05, 0) is 42.0 Å². The Labute approximate surface area is 194 Å². The number of benzene rings is 2. The average Bonchev–Trinajstić information content (AvgIpc) is 3.21. The standard InChI is InChI=1S/C25H22F3N3O3/c26-25(27,28)34-19-10-8-17(9-11-19)14-31-21-6-1-2-7-23(21)33-20-13-22(24(31)32)30(16-20)15-18-5-3-4-12-29-18/h1-12,20,22H,13-16H2/t20-,22-/m0/s1. The molecule has 1 amide bonds. The van der Waals surface area contributed by atoms with Crippen LogP contribution in [0.3, 0.4) is 0 Å². The van der Waals surface area contributed by atoms with Crippen LogP contribution in [0.25, 0.3) is 0 Å². The van der Waals surface area contributed by atoms with Crippen molar-refractivity contribution >= 4 is 11.6 Å². The van der Waals surface area contributed by atoms with Gasteiger partial charge in [0, 0.05) is 25.7 Å². The Hall–Kier alpha value is -3.59. The number of hydrogen-bond acceptors (Lipinski definition) is 5. The summed E-state index contributed by atoms with van der Waals surface area (Å²) in [6.07, 6.45) is -2.61. The van der Waals surface area contributed by atoms with Crippen LogP contribution in [0.4, 0.5) is 18.9 Å². The molecule has 0 unspecified atom stereocenters. The third kappa shape index (κ3) is 4.84. The van der Waals surface area contributed by atoms with Gasteiger partial charge in [-0.1, -0.05) is 30.3 Å². The van der Waals surface area contributed by atoms with Gasteiger partial charge < -0.3 is 14.4 Å². The second-order valence-corrected chi connectivity index (χ2v) is 8.33. The largest absolute Gasteiger partial charge is 0.573 e. The summed E-state index contributed by atoms with van der Waals surface area (Å²) in [6, 6.07) is 18.2. The molecule has 0 radical (unpaired) electrons. The first-order valence-corrected chi connectivity index (χ1v) is 10.9. The summed E-state index contributed by atoms with van der Waals surface area (Å²) in [5.74, 6) is 0.222. The molecular weight excluding hydrogens is 447 g/mol. The molecular formula is C25H22F3N3O3. The van der Waals surface area contributed by atoms with Crippen LogP contribution in [0.1, 0.15) is 17.7 Å². The normalized spacial score (nSPS) is 20.3. The summed E-state index contributed by atoms with van der Waals surface area (Å²) in [5.41, 5.74) is 2.17. The highest BCUT2D eigenvalue weighted by Crippen LogP contribution is 2.37. The molecule has 0 spiro atoms. The van der Waals surface area contributed by atoms with E-state index in [1.807, 2.05) is 42.5 Å². The van der Waals surface area contributed by atoms with Crippen molar-refractivity contribution in [2.45, 2.75) is 38.0 Å². The van der Waals surface area contributed by atoms with Gasteiger partial charge in [0.15, 0.2) is 0 Å². The molecule has 3 aromatic rings. The average molecular weight is 469 g/mol. The highest BCUT2D eigenvalue weighted by Gasteiger charge is 2.43. The number of likely N-dealkylation sites (tertiary alicyclic amines) is 1. The number of anilines is 1. The van der Waals surface area contributed by atoms with Gasteiger partial charge in [0.2, 0.25) is 5.91 Å². The topological polar surface area (TPSA) is 54.9 Å². The summed E-state index contributed by atoms with van der Waals surface area (Å²) in [5, 5.41) is 0. The molecule has 0 aliphatic carbocycles. The van der Waals surface area contributed by atoms with Gasteiger partial charge >= 0.3 is 6.36 Å². The number of amides is 1. The maximum Gasteiger partial charge on any atom is 0.573 e. The quantitative estimate of drug-likeness (QED) is 0.549. The molecule has 1 aromatic heterocycles. The maximum atomic E-state index is 13.8. The van der Waals surface area contributed by atoms with Crippen molar-refractivity contribution in [1.29, 1.82) is 0 Å². The van der Waals surface area contributed by atoms with E-state index >= 15 is 0 Å². The molecule has 3 heterocycles. The second-order valence-electron chi connectivity index (χ2n) is 8.33. The van der Waals surface area contributed by atoms with Gasteiger partial charge in [-0.2, -0.15) is 0 Å². The number of pyridine rings is 1. The Bertz CT molecular complexity index is 1160. The maximum absolute atomic E-state index is 13.8. The van der Waals surface area contributed by atoms with E-state index in [0.29, 0.717) is 36.5 Å². The first-order valence-electron chi connectivity index (χ1n) is 10.9. The zero-order chi connectivity index (χ0) is 23.7. The van der Waals surface area contributed by atoms with E-state index < -0.39 is 12.4 Å². The highest BCUT2D eigenvalue weighted by molar-refractivity contribution is 5.99. The van der Waals surface area contributed by atoms with Gasteiger partial charge in [-0.25, -0.2) is 0 Å². The van der Waals surface area contributed by atoms with Crippen molar-refractivity contribution in [3.05, 3.63) is 84.2 Å². The van der Waals surface area contributed by atoms with Crippen molar-refractivity contribution in [2.75, 3.05) is 11.4 Å². The zero-order valence-electron chi connectivity index (χ0n) is 18.1. The van der Waals surface area contributed by atoms with Gasteiger partial charge in [0.25, 0.3) is 0 Å². The van der Waals surface area contributed by atoms with Crippen molar-refractivity contribution < 1.29 is 27.4 Å². The van der Waals surface area contributed by atoms with Crippen molar-refractivity contribution in [1.82, 2.24) is 9.88 Å². The fourth-order valence-electron chi connectivity index (χ4n) is 4.48. The lowest BCUT2D eigenvalue weighted by atomic mass is 10.1. The van der Waals surface area contributed by atoms with Crippen LogP contribution in [0.2, 0.25) is 0 Å². The molecule has 176 valence electrons. The van der Waals surface area contributed by atoms with E-state index in [2.05, 4.69) is 14.6 Å². The molecule has 2 aliphatic heterocycles. The molecule has 2 aliphatic rings. The van der Waals surface area contributed by atoms with Gasteiger partial charge in [-0.3, -0.25) is 14.7 Å². The predicted octanol–water partition coefficient (Wildman–Crippen LogP) is 4.55. The summed E-state index contributed by atoms with van der Waals surface area (Å²) in [7, 11) is 0. The zero-order valence-corrected chi connectivity index (χ0v) is 18.1. The fraction of sp³-hybridized carbons (Fsp3) is 0.280. The second kappa shape index (κ2) is 8.98. The minimum absolute atomic E-state index is 0.0789. The van der Waals surface area contributed by atoms with Gasteiger partial charge in [0.1, 0.15) is 17.6 Å². The summed E-state index contributed by atoms with van der Waals surface area (Å²) >= 11 is 0. The lowest BCUT2D eigenvalue weighted by Crippen LogP contribution is -2.45. The number of alkyl halides is 3. The van der Waals surface area contributed by atoms with E-state index in [0.717, 1.165) is 5.69 Å². The monoisotopic (exact) mass is 469 g/mol. The van der Waals surface area contributed by atoms with Crippen LogP contribution in [0, 0.1) is 0 Å². The van der Waals surface area contributed by atoms with Crippen molar-refractivity contribution in [3.63, 3.8) is 0 Å². The molecule has 0 saturated carbocycles. The predicted molar refractivity (Wildman–Crippen MR) is 118 cm³/mol. The molecule has 2 atom stereocenters. The SMILES string of the molecule is O=C1[C@@H]2C[C@@H](CN2Cc2ccccn2)Oc2ccccc2N1Cc1ccc(OC(F)(F)F)cc1. The molecule has 9 heteroatoms. The number of nitrogens with zero attached hydrogens (tertiary/aromatic N) is 3. The molecule has 2 bridgehead atoms. The summed E-state index contributed by atoms with van der Waals surface area (Å²) in [4.78, 5) is 21.9. The summed E-state index contributed by atoms with van der Waals surface area (Å²) < 4.78 is 47.7. The van der Waals surface area contributed by atoms with Crippen LogP contribution in [0.5, 0.6) is 11.5 Å². The number of hydrogen-bond donors (Lipinski definition) is 0. The van der Waals surface area contributed by atoms with Crippen LogP contribution in [-0.2, 0) is 17.9 Å². The lowest BCUT2D eigenvalue weighted by Gasteiger charge is -2.32. The van der Waals surface area contributed by atoms with Gasteiger partial charge in [-0.15, -0.1) is 13.2 Å². The molecule has 6 nitrogen and oxygen atoms in total. The van der Waals surface area contributed by atoms with Crippen molar-refractivity contribution in [3.8, 4) is 11.5 Å². The first kappa shape index (κ1) is 22.2. The number of fused-ring (bicyclic) bond motifs is 3. The number of halogens is 3. The number of aromatic nitrogens is 1. The van der Waals surface area contributed by atoms with E-state index in [1.54, 1.807) is 11.1 Å². The van der Waals surface area contributed by atoms with Crippen LogP contribution in [-0.4, -0.2) is 40.8 Å². The number of carbonyl (C=O) groups excluding carboxylic acids is 1. The molecule has 2 aromatic carbocycles. The van der Waals surface area contributed by atoms with E-state index in [4.69, 9.17) is 4.74 Å². The van der Waals surface area contributed by atoms with E-state index in [9.17, 15) is 18.0 Å². The fourth-order valence-corrected chi connectivity index (χ4v) is 4.48. The third-order valence-corrected chi connectivity index (χ3v) is 5.95.